The largest absolute Gasteiger partial charge is 0.489 e. The van der Waals surface area contributed by atoms with E-state index in [2.05, 4.69) is 24.4 Å². The fraction of sp³-hybridized carbons (Fsp3) is 0.208. The lowest BCUT2D eigenvalue weighted by Gasteiger charge is -2.14. The molecule has 150 valence electrons. The van der Waals surface area contributed by atoms with Crippen LogP contribution < -0.4 is 10.1 Å². The summed E-state index contributed by atoms with van der Waals surface area (Å²) in [5.74, 6) is 0.465. The Morgan fingerprint density at radius 3 is 2.55 bits per heavy atom. The standard InChI is InChI=1S/C24H24ClNO3/c1-3-28-24(27)19-7-10-22(11-8-19)26-15-20-14-21(25)9-12-23(20)29-16-18-6-4-5-17(2)13-18/h4-14,26H,3,15-16H2,1-2H3. The van der Waals surface area contributed by atoms with Gasteiger partial charge in [-0.25, -0.2) is 4.79 Å². The molecule has 4 nitrogen and oxygen atoms in total. The number of halogens is 1. The summed E-state index contributed by atoms with van der Waals surface area (Å²) in [4.78, 5) is 11.8. The van der Waals surface area contributed by atoms with Crippen LogP contribution in [0.3, 0.4) is 0 Å². The molecule has 5 heteroatoms. The summed E-state index contributed by atoms with van der Waals surface area (Å²) in [5.41, 5.74) is 4.70. The lowest BCUT2D eigenvalue weighted by atomic mass is 10.1. The van der Waals surface area contributed by atoms with Crippen LogP contribution in [0.1, 0.15) is 34.0 Å². The van der Waals surface area contributed by atoms with Gasteiger partial charge in [0.1, 0.15) is 12.4 Å². The molecule has 0 unspecified atom stereocenters. The summed E-state index contributed by atoms with van der Waals surface area (Å²) in [6.45, 7) is 5.25. The summed E-state index contributed by atoms with van der Waals surface area (Å²) in [5, 5.41) is 4.00. The highest BCUT2D eigenvalue weighted by molar-refractivity contribution is 6.30. The smallest absolute Gasteiger partial charge is 0.338 e. The molecule has 0 aliphatic rings. The number of aryl methyl sites for hydroxylation is 1. The van der Waals surface area contributed by atoms with Crippen molar-refractivity contribution in [2.24, 2.45) is 0 Å². The van der Waals surface area contributed by atoms with E-state index in [4.69, 9.17) is 21.1 Å². The molecule has 0 aliphatic heterocycles. The van der Waals surface area contributed by atoms with Crippen molar-refractivity contribution >= 4 is 23.3 Å². The molecule has 3 aromatic carbocycles. The van der Waals surface area contributed by atoms with Crippen LogP contribution in [-0.2, 0) is 17.9 Å². The van der Waals surface area contributed by atoms with Crippen molar-refractivity contribution in [3.05, 3.63) is 94.0 Å². The quantitative estimate of drug-likeness (QED) is 0.462. The highest BCUT2D eigenvalue weighted by Crippen LogP contribution is 2.25. The molecule has 0 spiro atoms. The molecule has 1 N–H and O–H groups in total. The van der Waals surface area contributed by atoms with E-state index in [1.54, 1.807) is 19.1 Å². The maximum absolute atomic E-state index is 11.8. The average molecular weight is 410 g/mol. The van der Waals surface area contributed by atoms with E-state index in [0.29, 0.717) is 30.3 Å². The molecule has 3 rings (SSSR count). The number of ether oxygens (including phenoxy) is 2. The molecule has 0 aromatic heterocycles. The number of hydrogen-bond donors (Lipinski definition) is 1. The molecule has 0 atom stereocenters. The third kappa shape index (κ3) is 6.00. The van der Waals surface area contributed by atoms with Gasteiger partial charge in [0, 0.05) is 22.8 Å². The number of carbonyl (C=O) groups excluding carboxylic acids is 1. The molecule has 3 aromatic rings. The number of rotatable bonds is 8. The first-order valence-corrected chi connectivity index (χ1v) is 9.91. The number of benzene rings is 3. The van der Waals surface area contributed by atoms with Crippen molar-refractivity contribution in [2.75, 3.05) is 11.9 Å². The monoisotopic (exact) mass is 409 g/mol. The summed E-state index contributed by atoms with van der Waals surface area (Å²) >= 11 is 6.19. The van der Waals surface area contributed by atoms with Crippen LogP contribution >= 0.6 is 11.6 Å². The molecule has 29 heavy (non-hydrogen) atoms. The maximum Gasteiger partial charge on any atom is 0.338 e. The molecule has 0 bridgehead atoms. The summed E-state index contributed by atoms with van der Waals surface area (Å²) < 4.78 is 11.0. The van der Waals surface area contributed by atoms with Crippen LogP contribution in [0.25, 0.3) is 0 Å². The summed E-state index contributed by atoms with van der Waals surface area (Å²) in [6, 6.07) is 21.0. The Morgan fingerprint density at radius 2 is 1.83 bits per heavy atom. The van der Waals surface area contributed by atoms with Gasteiger partial charge < -0.3 is 14.8 Å². The maximum atomic E-state index is 11.8. The third-order valence-electron chi connectivity index (χ3n) is 4.38. The van der Waals surface area contributed by atoms with Gasteiger partial charge in [-0.1, -0.05) is 41.4 Å². The molecule has 0 saturated heterocycles. The number of anilines is 1. The Bertz CT molecular complexity index is 970. The van der Waals surface area contributed by atoms with Gasteiger partial charge in [0.25, 0.3) is 0 Å². The topological polar surface area (TPSA) is 47.6 Å². The molecule has 0 saturated carbocycles. The Morgan fingerprint density at radius 1 is 1.03 bits per heavy atom. The van der Waals surface area contributed by atoms with Gasteiger partial charge in [-0.05, 0) is 61.9 Å². The number of nitrogens with one attached hydrogen (secondary N) is 1. The second-order valence-electron chi connectivity index (χ2n) is 6.68. The van der Waals surface area contributed by atoms with Crippen molar-refractivity contribution in [2.45, 2.75) is 27.0 Å². The second kappa shape index (κ2) is 9.99. The van der Waals surface area contributed by atoms with E-state index in [0.717, 1.165) is 22.6 Å². The fourth-order valence-corrected chi connectivity index (χ4v) is 3.12. The zero-order valence-electron chi connectivity index (χ0n) is 16.6. The van der Waals surface area contributed by atoms with Gasteiger partial charge in [0.15, 0.2) is 0 Å². The molecule has 0 fully saturated rings. The van der Waals surface area contributed by atoms with Gasteiger partial charge in [-0.15, -0.1) is 0 Å². The minimum absolute atomic E-state index is 0.319. The van der Waals surface area contributed by atoms with Crippen molar-refractivity contribution in [1.82, 2.24) is 0 Å². The lowest BCUT2D eigenvalue weighted by molar-refractivity contribution is 0.0526. The minimum atomic E-state index is -0.319. The van der Waals surface area contributed by atoms with Gasteiger partial charge >= 0.3 is 5.97 Å². The first-order valence-electron chi connectivity index (χ1n) is 9.53. The average Bonchev–Trinajstić information content (AvgIpc) is 2.72. The predicted octanol–water partition coefficient (Wildman–Crippen LogP) is 6.02. The van der Waals surface area contributed by atoms with Crippen LogP contribution in [0, 0.1) is 6.92 Å². The Labute approximate surface area is 176 Å². The SMILES string of the molecule is CCOC(=O)c1ccc(NCc2cc(Cl)ccc2OCc2cccc(C)c2)cc1. The minimum Gasteiger partial charge on any atom is -0.489 e. The van der Waals surface area contributed by atoms with Crippen molar-refractivity contribution < 1.29 is 14.3 Å². The zero-order valence-corrected chi connectivity index (χ0v) is 17.3. The Kier molecular flexibility index (Phi) is 7.14. The first kappa shape index (κ1) is 20.7. The number of hydrogen-bond acceptors (Lipinski definition) is 4. The van der Waals surface area contributed by atoms with Crippen LogP contribution in [0.5, 0.6) is 5.75 Å². The first-order chi connectivity index (χ1) is 14.0. The van der Waals surface area contributed by atoms with E-state index >= 15 is 0 Å². The van der Waals surface area contributed by atoms with Gasteiger partial charge in [0.05, 0.1) is 12.2 Å². The van der Waals surface area contributed by atoms with Crippen LogP contribution in [0.4, 0.5) is 5.69 Å². The summed E-state index contributed by atoms with van der Waals surface area (Å²) in [7, 11) is 0. The van der Waals surface area contributed by atoms with Gasteiger partial charge in [-0.2, -0.15) is 0 Å². The van der Waals surface area contributed by atoms with E-state index in [1.165, 1.54) is 5.56 Å². The zero-order chi connectivity index (χ0) is 20.6. The predicted molar refractivity (Wildman–Crippen MR) is 117 cm³/mol. The molecule has 0 aliphatic carbocycles. The molecular weight excluding hydrogens is 386 g/mol. The van der Waals surface area contributed by atoms with E-state index in [-0.39, 0.29) is 5.97 Å². The third-order valence-corrected chi connectivity index (χ3v) is 4.61. The van der Waals surface area contributed by atoms with E-state index < -0.39 is 0 Å². The Balaban J connectivity index is 1.65. The van der Waals surface area contributed by atoms with Crippen molar-refractivity contribution in [3.63, 3.8) is 0 Å². The number of esters is 1. The molecule has 0 heterocycles. The van der Waals surface area contributed by atoms with Gasteiger partial charge in [0.2, 0.25) is 0 Å². The lowest BCUT2D eigenvalue weighted by Crippen LogP contribution is -2.06. The Hall–Kier alpha value is -2.98. The van der Waals surface area contributed by atoms with Gasteiger partial charge in [-0.3, -0.25) is 0 Å². The summed E-state index contributed by atoms with van der Waals surface area (Å²) in [6.07, 6.45) is 0. The molecular formula is C24H24ClNO3. The van der Waals surface area contributed by atoms with E-state index in [1.807, 2.05) is 42.5 Å². The fourth-order valence-electron chi connectivity index (χ4n) is 2.93. The normalized spacial score (nSPS) is 10.4. The van der Waals surface area contributed by atoms with Crippen molar-refractivity contribution in [3.8, 4) is 5.75 Å². The van der Waals surface area contributed by atoms with E-state index in [9.17, 15) is 4.79 Å². The van der Waals surface area contributed by atoms with Crippen LogP contribution in [0.2, 0.25) is 5.02 Å². The second-order valence-corrected chi connectivity index (χ2v) is 7.12. The number of carbonyl (C=O) groups is 1. The highest BCUT2D eigenvalue weighted by atomic mass is 35.5. The van der Waals surface area contributed by atoms with Crippen molar-refractivity contribution in [1.29, 1.82) is 0 Å². The van der Waals surface area contributed by atoms with Crippen LogP contribution in [-0.4, -0.2) is 12.6 Å². The van der Waals surface area contributed by atoms with Crippen LogP contribution in [0.15, 0.2) is 66.7 Å². The highest BCUT2D eigenvalue weighted by Gasteiger charge is 2.08. The molecule has 0 radical (unpaired) electrons. The molecule has 0 amide bonds.